The first-order valence-corrected chi connectivity index (χ1v) is 9.07. The summed E-state index contributed by atoms with van der Waals surface area (Å²) in [5.74, 6) is -0.695. The molecule has 0 saturated heterocycles. The van der Waals surface area contributed by atoms with Crippen molar-refractivity contribution < 1.29 is 14.7 Å². The van der Waals surface area contributed by atoms with Gasteiger partial charge < -0.3 is 10.0 Å². The molecule has 0 aromatic heterocycles. The molecule has 1 aliphatic heterocycles. The Hall–Kier alpha value is -2.72. The first-order chi connectivity index (χ1) is 12.7. The lowest BCUT2D eigenvalue weighted by Crippen LogP contribution is -2.42. The maximum Gasteiger partial charge on any atom is 0.264 e. The first kappa shape index (κ1) is 19.1. The van der Waals surface area contributed by atoms with Crippen molar-refractivity contribution in [2.75, 3.05) is 11.4 Å². The molecular weight excluding hydrogens is 338 g/mol. The van der Waals surface area contributed by atoms with Crippen LogP contribution in [0.4, 0.5) is 5.69 Å². The van der Waals surface area contributed by atoms with Gasteiger partial charge in [-0.25, -0.2) is 0 Å². The summed E-state index contributed by atoms with van der Waals surface area (Å²) in [6.07, 6.45) is 1.33. The fraction of sp³-hybridized carbons (Fsp3) is 0.304. The van der Waals surface area contributed by atoms with Crippen molar-refractivity contribution in [2.24, 2.45) is 0 Å². The van der Waals surface area contributed by atoms with E-state index in [2.05, 4.69) is 12.6 Å². The number of fused-ring (bicyclic) bond motifs is 1. The highest BCUT2D eigenvalue weighted by molar-refractivity contribution is 6.11. The SMILES string of the molecule is C=CCN1C(=O)[C@@](O)(CC(=O)c2c(C)c(C)cc(C)c2C)c2ccccc21. The number of hydrogen-bond acceptors (Lipinski definition) is 3. The average molecular weight is 363 g/mol. The van der Waals surface area contributed by atoms with Gasteiger partial charge in [-0.15, -0.1) is 6.58 Å². The van der Waals surface area contributed by atoms with Crippen molar-refractivity contribution in [2.45, 2.75) is 39.7 Å². The lowest BCUT2D eigenvalue weighted by Gasteiger charge is -2.23. The van der Waals surface area contributed by atoms with Gasteiger partial charge in [-0.2, -0.15) is 0 Å². The molecule has 2 aromatic rings. The molecule has 0 spiro atoms. The minimum atomic E-state index is -1.85. The summed E-state index contributed by atoms with van der Waals surface area (Å²) in [4.78, 5) is 27.7. The van der Waals surface area contributed by atoms with Crippen molar-refractivity contribution >= 4 is 17.4 Å². The standard InChI is InChI=1S/C23H25NO3/c1-6-11-24-19-10-8-7-9-18(19)23(27,22(24)26)13-20(25)21-16(4)14(2)12-15(3)17(21)5/h6-10,12,27H,1,11,13H2,2-5H3/t23-/m1/s1. The van der Waals surface area contributed by atoms with Crippen molar-refractivity contribution in [3.05, 3.63) is 76.4 Å². The van der Waals surface area contributed by atoms with Gasteiger partial charge >= 0.3 is 0 Å². The Labute approximate surface area is 160 Å². The minimum Gasteiger partial charge on any atom is -0.375 e. The predicted molar refractivity (Wildman–Crippen MR) is 107 cm³/mol. The second kappa shape index (κ2) is 6.78. The van der Waals surface area contributed by atoms with Gasteiger partial charge in [0.2, 0.25) is 0 Å². The molecule has 0 unspecified atom stereocenters. The Bertz CT molecular complexity index is 934. The van der Waals surface area contributed by atoms with E-state index in [9.17, 15) is 14.7 Å². The Kier molecular flexibility index (Phi) is 4.79. The fourth-order valence-electron chi connectivity index (χ4n) is 3.94. The van der Waals surface area contributed by atoms with Gasteiger partial charge in [-0.3, -0.25) is 9.59 Å². The third-order valence-electron chi connectivity index (χ3n) is 5.61. The van der Waals surface area contributed by atoms with Crippen LogP contribution in [0.2, 0.25) is 0 Å². The second-order valence-electron chi connectivity index (χ2n) is 7.32. The predicted octanol–water partition coefficient (Wildman–Crippen LogP) is 3.91. The number of aryl methyl sites for hydroxylation is 2. The van der Waals surface area contributed by atoms with Crippen LogP contribution in [0.3, 0.4) is 0 Å². The van der Waals surface area contributed by atoms with Gasteiger partial charge in [0.15, 0.2) is 11.4 Å². The highest BCUT2D eigenvalue weighted by Crippen LogP contribution is 2.43. The molecule has 27 heavy (non-hydrogen) atoms. The van der Waals surface area contributed by atoms with E-state index in [1.165, 1.54) is 4.90 Å². The molecule has 2 aromatic carbocycles. The van der Waals surface area contributed by atoms with Crippen molar-refractivity contribution in [1.82, 2.24) is 0 Å². The summed E-state index contributed by atoms with van der Waals surface area (Å²) in [5, 5.41) is 11.3. The molecule has 1 atom stereocenters. The monoisotopic (exact) mass is 363 g/mol. The van der Waals surface area contributed by atoms with Gasteiger partial charge in [0.25, 0.3) is 5.91 Å². The van der Waals surface area contributed by atoms with Gasteiger partial charge in [0.05, 0.1) is 12.1 Å². The highest BCUT2D eigenvalue weighted by atomic mass is 16.3. The van der Waals surface area contributed by atoms with Gasteiger partial charge in [-0.1, -0.05) is 30.3 Å². The summed E-state index contributed by atoms with van der Waals surface area (Å²) in [6.45, 7) is 11.7. The molecule has 4 nitrogen and oxygen atoms in total. The Morgan fingerprint density at radius 3 is 2.33 bits per heavy atom. The van der Waals surface area contributed by atoms with E-state index >= 15 is 0 Å². The van der Waals surface area contributed by atoms with E-state index in [0.717, 1.165) is 22.3 Å². The lowest BCUT2D eigenvalue weighted by atomic mass is 9.84. The maximum atomic E-state index is 13.2. The molecule has 140 valence electrons. The summed E-state index contributed by atoms with van der Waals surface area (Å²) < 4.78 is 0. The van der Waals surface area contributed by atoms with E-state index < -0.39 is 11.5 Å². The van der Waals surface area contributed by atoms with Gasteiger partial charge in [-0.05, 0) is 56.0 Å². The van der Waals surface area contributed by atoms with Crippen LogP contribution in [0.5, 0.6) is 0 Å². The molecule has 0 radical (unpaired) electrons. The normalized spacial score (nSPS) is 18.6. The molecule has 0 bridgehead atoms. The molecule has 1 aliphatic rings. The van der Waals surface area contributed by atoms with Crippen LogP contribution in [0.25, 0.3) is 0 Å². The van der Waals surface area contributed by atoms with Crippen molar-refractivity contribution in [3.63, 3.8) is 0 Å². The number of ketones is 1. The van der Waals surface area contributed by atoms with E-state index in [4.69, 9.17) is 0 Å². The maximum absolute atomic E-state index is 13.2. The Morgan fingerprint density at radius 2 is 1.74 bits per heavy atom. The number of nitrogens with zero attached hydrogens (tertiary/aromatic N) is 1. The van der Waals surface area contributed by atoms with Crippen LogP contribution in [0, 0.1) is 27.7 Å². The number of anilines is 1. The van der Waals surface area contributed by atoms with Crippen LogP contribution in [-0.4, -0.2) is 23.3 Å². The third kappa shape index (κ3) is 2.90. The number of hydrogen-bond donors (Lipinski definition) is 1. The molecule has 1 heterocycles. The first-order valence-electron chi connectivity index (χ1n) is 9.07. The smallest absolute Gasteiger partial charge is 0.264 e. The van der Waals surface area contributed by atoms with Gasteiger partial charge in [0.1, 0.15) is 0 Å². The number of carbonyl (C=O) groups is 2. The van der Waals surface area contributed by atoms with Crippen LogP contribution in [0.1, 0.15) is 44.6 Å². The zero-order valence-corrected chi connectivity index (χ0v) is 16.3. The van der Waals surface area contributed by atoms with Crippen LogP contribution < -0.4 is 4.90 Å². The topological polar surface area (TPSA) is 57.6 Å². The van der Waals surface area contributed by atoms with Crippen LogP contribution in [-0.2, 0) is 10.4 Å². The zero-order valence-electron chi connectivity index (χ0n) is 16.3. The van der Waals surface area contributed by atoms with E-state index in [1.54, 1.807) is 24.3 Å². The Balaban J connectivity index is 2.07. The zero-order chi connectivity index (χ0) is 19.9. The molecule has 3 rings (SSSR count). The molecule has 0 saturated carbocycles. The number of aliphatic hydroxyl groups is 1. The van der Waals surface area contributed by atoms with Crippen molar-refractivity contribution in [3.8, 4) is 0 Å². The lowest BCUT2D eigenvalue weighted by molar-refractivity contribution is -0.135. The summed E-state index contributed by atoms with van der Waals surface area (Å²) in [7, 11) is 0. The number of Topliss-reactive ketones (excluding diaryl/α,β-unsaturated/α-hetero) is 1. The molecule has 4 heteroatoms. The molecule has 1 amide bonds. The van der Waals surface area contributed by atoms with E-state index in [-0.39, 0.29) is 18.7 Å². The average Bonchev–Trinajstić information content (AvgIpc) is 2.83. The summed E-state index contributed by atoms with van der Waals surface area (Å²) in [5.41, 5.74) is 3.71. The van der Waals surface area contributed by atoms with Crippen LogP contribution >= 0.6 is 0 Å². The highest BCUT2D eigenvalue weighted by Gasteiger charge is 2.50. The molecule has 0 aliphatic carbocycles. The fourth-order valence-corrected chi connectivity index (χ4v) is 3.94. The van der Waals surface area contributed by atoms with Crippen LogP contribution in [0.15, 0.2) is 43.0 Å². The van der Waals surface area contributed by atoms with Gasteiger partial charge in [0, 0.05) is 17.7 Å². The van der Waals surface area contributed by atoms with E-state index in [0.29, 0.717) is 16.8 Å². The van der Waals surface area contributed by atoms with E-state index in [1.807, 2.05) is 33.8 Å². The Morgan fingerprint density at radius 1 is 1.15 bits per heavy atom. The minimum absolute atomic E-state index is 0.220. The third-order valence-corrected chi connectivity index (χ3v) is 5.61. The number of para-hydroxylation sites is 1. The molecule has 0 fully saturated rings. The number of carbonyl (C=O) groups excluding carboxylic acids is 2. The second-order valence-corrected chi connectivity index (χ2v) is 7.32. The number of rotatable bonds is 5. The van der Waals surface area contributed by atoms with Crippen molar-refractivity contribution in [1.29, 1.82) is 0 Å². The molecular formula is C23H25NO3. The summed E-state index contributed by atoms with van der Waals surface area (Å²) in [6, 6.07) is 9.13. The largest absolute Gasteiger partial charge is 0.375 e. The number of amides is 1. The summed E-state index contributed by atoms with van der Waals surface area (Å²) >= 11 is 0. The molecule has 1 N–H and O–H groups in total. The quantitative estimate of drug-likeness (QED) is 0.647. The number of benzene rings is 2.